The lowest BCUT2D eigenvalue weighted by Crippen LogP contribution is -2.29. The first-order valence-corrected chi connectivity index (χ1v) is 3.93. The van der Waals surface area contributed by atoms with Crippen molar-refractivity contribution in [3.63, 3.8) is 0 Å². The fraction of sp³-hybridized carbons (Fsp3) is 1.00. The van der Waals surface area contributed by atoms with Gasteiger partial charge in [-0.2, -0.15) is 4.94 Å². The summed E-state index contributed by atoms with van der Waals surface area (Å²) in [6.45, 7) is 7.56. The van der Waals surface area contributed by atoms with Crippen molar-refractivity contribution in [1.82, 2.24) is 0 Å². The zero-order valence-corrected chi connectivity index (χ0v) is 7.69. The minimum Gasteiger partial charge on any atom is -0.375 e. The maximum Gasteiger partial charge on any atom is 0.126 e. The second-order valence-corrected chi connectivity index (χ2v) is 3.37. The third-order valence-corrected chi connectivity index (χ3v) is 1.50. The lowest BCUT2D eigenvalue weighted by atomic mass is 10.1. The SMILES string of the molecule is CCC(C)OCC(C)(C)OF. The first-order chi connectivity index (χ1) is 5.02. The third-order valence-electron chi connectivity index (χ3n) is 1.50. The molecule has 1 atom stereocenters. The predicted octanol–water partition coefficient (Wildman–Crippen LogP) is 2.48. The maximum absolute atomic E-state index is 11.7. The third kappa shape index (κ3) is 5.16. The van der Waals surface area contributed by atoms with Gasteiger partial charge in [-0.25, -0.2) is 0 Å². The highest BCUT2D eigenvalue weighted by atomic mass is 19.3. The van der Waals surface area contributed by atoms with Crippen LogP contribution in [0.15, 0.2) is 0 Å². The summed E-state index contributed by atoms with van der Waals surface area (Å²) in [5.41, 5.74) is -0.816. The van der Waals surface area contributed by atoms with Gasteiger partial charge in [0.1, 0.15) is 5.60 Å². The molecule has 0 spiro atoms. The average Bonchev–Trinajstić information content (AvgIpc) is 2.00. The summed E-state index contributed by atoms with van der Waals surface area (Å²) < 4.78 is 17.0. The number of rotatable bonds is 5. The molecule has 0 rings (SSSR count). The van der Waals surface area contributed by atoms with Crippen molar-refractivity contribution in [3.8, 4) is 0 Å². The Balaban J connectivity index is 3.52. The van der Waals surface area contributed by atoms with Crippen LogP contribution in [0.5, 0.6) is 0 Å². The first-order valence-electron chi connectivity index (χ1n) is 3.93. The van der Waals surface area contributed by atoms with Gasteiger partial charge in [-0.3, -0.25) is 0 Å². The van der Waals surface area contributed by atoms with Crippen LogP contribution in [0.25, 0.3) is 0 Å². The molecule has 0 N–H and O–H groups in total. The molecule has 3 heteroatoms. The first kappa shape index (κ1) is 10.8. The smallest absolute Gasteiger partial charge is 0.126 e. The number of hydrogen-bond donors (Lipinski definition) is 0. The van der Waals surface area contributed by atoms with Crippen LogP contribution in [-0.2, 0) is 9.68 Å². The summed E-state index contributed by atoms with van der Waals surface area (Å²) in [6.07, 6.45) is 1.10. The second-order valence-electron chi connectivity index (χ2n) is 3.37. The van der Waals surface area contributed by atoms with E-state index in [-0.39, 0.29) is 6.10 Å². The van der Waals surface area contributed by atoms with E-state index in [1.807, 2.05) is 13.8 Å². The summed E-state index contributed by atoms with van der Waals surface area (Å²) in [6, 6.07) is 0. The molecule has 0 aliphatic rings. The molecule has 0 aromatic heterocycles. The highest BCUT2D eigenvalue weighted by Gasteiger charge is 2.20. The summed E-state index contributed by atoms with van der Waals surface area (Å²) in [5.74, 6) is 0. The molecule has 0 saturated heterocycles. The van der Waals surface area contributed by atoms with Crippen LogP contribution in [0.4, 0.5) is 4.53 Å². The van der Waals surface area contributed by atoms with Crippen LogP contribution in [0.1, 0.15) is 34.1 Å². The quantitative estimate of drug-likeness (QED) is 0.621. The summed E-state index contributed by atoms with van der Waals surface area (Å²) in [7, 11) is 0. The second kappa shape index (κ2) is 4.67. The van der Waals surface area contributed by atoms with Gasteiger partial charge < -0.3 is 4.74 Å². The zero-order valence-electron chi connectivity index (χ0n) is 7.69. The van der Waals surface area contributed by atoms with Crippen LogP contribution in [0, 0.1) is 0 Å². The maximum atomic E-state index is 11.7. The Kier molecular flexibility index (Phi) is 4.61. The van der Waals surface area contributed by atoms with Crippen LogP contribution in [0.3, 0.4) is 0 Å². The molecule has 0 amide bonds. The Morgan fingerprint density at radius 3 is 2.36 bits per heavy atom. The van der Waals surface area contributed by atoms with Crippen molar-refractivity contribution in [1.29, 1.82) is 0 Å². The summed E-state index contributed by atoms with van der Waals surface area (Å²) in [4.78, 5) is 3.71. The molecule has 68 valence electrons. The Hall–Kier alpha value is -0.150. The molecule has 0 heterocycles. The van der Waals surface area contributed by atoms with E-state index in [2.05, 4.69) is 4.94 Å². The highest BCUT2D eigenvalue weighted by Crippen LogP contribution is 2.11. The molecule has 0 aromatic rings. The fourth-order valence-corrected chi connectivity index (χ4v) is 0.483. The molecule has 0 radical (unpaired) electrons. The van der Waals surface area contributed by atoms with Crippen molar-refractivity contribution in [3.05, 3.63) is 0 Å². The monoisotopic (exact) mass is 164 g/mol. The van der Waals surface area contributed by atoms with Gasteiger partial charge >= 0.3 is 0 Å². The molecule has 1 unspecified atom stereocenters. The lowest BCUT2D eigenvalue weighted by molar-refractivity contribution is -0.242. The molecule has 11 heavy (non-hydrogen) atoms. The molecule has 0 fully saturated rings. The average molecular weight is 164 g/mol. The van der Waals surface area contributed by atoms with Crippen LogP contribution < -0.4 is 0 Å². The van der Waals surface area contributed by atoms with E-state index in [1.165, 1.54) is 0 Å². The molecule has 2 nitrogen and oxygen atoms in total. The van der Waals surface area contributed by atoms with Crippen LogP contribution >= 0.6 is 0 Å². The Bertz CT molecular complexity index is 104. The van der Waals surface area contributed by atoms with Crippen molar-refractivity contribution in [2.24, 2.45) is 0 Å². The Morgan fingerprint density at radius 2 is 2.00 bits per heavy atom. The van der Waals surface area contributed by atoms with Gasteiger partial charge in [-0.15, -0.1) is 0 Å². The van der Waals surface area contributed by atoms with Gasteiger partial charge in [0.2, 0.25) is 0 Å². The lowest BCUT2D eigenvalue weighted by Gasteiger charge is -2.21. The fourth-order valence-electron chi connectivity index (χ4n) is 0.483. The highest BCUT2D eigenvalue weighted by molar-refractivity contribution is 4.65. The van der Waals surface area contributed by atoms with Crippen molar-refractivity contribution in [2.45, 2.75) is 45.8 Å². The van der Waals surface area contributed by atoms with Crippen LogP contribution in [0.2, 0.25) is 0 Å². The molecular formula is C8H17FO2. The summed E-state index contributed by atoms with van der Waals surface area (Å²) >= 11 is 0. The minimum atomic E-state index is -0.816. The van der Waals surface area contributed by atoms with Gasteiger partial charge in [0, 0.05) is 0 Å². The molecule has 0 saturated carbocycles. The number of hydrogen-bond acceptors (Lipinski definition) is 2. The standard InChI is InChI=1S/C8H17FO2/c1-5-7(2)10-6-8(3,4)11-9/h7H,5-6H2,1-4H3. The predicted molar refractivity (Wildman–Crippen MR) is 42.0 cm³/mol. The van der Waals surface area contributed by atoms with Gasteiger partial charge in [0.05, 0.1) is 12.7 Å². The van der Waals surface area contributed by atoms with E-state index >= 15 is 0 Å². The van der Waals surface area contributed by atoms with E-state index in [1.54, 1.807) is 13.8 Å². The molecule has 0 aromatic carbocycles. The van der Waals surface area contributed by atoms with E-state index in [4.69, 9.17) is 4.74 Å². The molecule has 0 bridgehead atoms. The van der Waals surface area contributed by atoms with Crippen molar-refractivity contribution in [2.75, 3.05) is 6.61 Å². The number of ether oxygens (including phenoxy) is 1. The normalized spacial score (nSPS) is 15.0. The minimum absolute atomic E-state index is 0.171. The van der Waals surface area contributed by atoms with E-state index in [0.717, 1.165) is 6.42 Å². The largest absolute Gasteiger partial charge is 0.375 e. The van der Waals surface area contributed by atoms with E-state index < -0.39 is 5.60 Å². The van der Waals surface area contributed by atoms with Gasteiger partial charge in [0.25, 0.3) is 0 Å². The number of halogens is 1. The Labute approximate surface area is 67.6 Å². The Morgan fingerprint density at radius 1 is 1.45 bits per heavy atom. The topological polar surface area (TPSA) is 18.5 Å². The van der Waals surface area contributed by atoms with Gasteiger partial charge in [0.15, 0.2) is 0 Å². The van der Waals surface area contributed by atoms with Crippen molar-refractivity contribution < 1.29 is 14.2 Å². The summed E-state index contributed by atoms with van der Waals surface area (Å²) in [5, 5.41) is 0. The molecular weight excluding hydrogens is 147 g/mol. The molecule has 0 aliphatic carbocycles. The zero-order chi connectivity index (χ0) is 8.91. The van der Waals surface area contributed by atoms with E-state index in [0.29, 0.717) is 6.61 Å². The van der Waals surface area contributed by atoms with E-state index in [9.17, 15) is 4.53 Å². The van der Waals surface area contributed by atoms with Gasteiger partial charge in [-0.1, -0.05) is 6.92 Å². The van der Waals surface area contributed by atoms with Crippen LogP contribution in [-0.4, -0.2) is 18.3 Å². The van der Waals surface area contributed by atoms with Crippen molar-refractivity contribution >= 4 is 0 Å². The molecule has 0 aliphatic heterocycles. The van der Waals surface area contributed by atoms with Gasteiger partial charge in [-0.05, 0) is 31.7 Å².